The van der Waals surface area contributed by atoms with Gasteiger partial charge < -0.3 is 0 Å². The van der Waals surface area contributed by atoms with E-state index in [2.05, 4.69) is 70.2 Å². The zero-order valence-electron chi connectivity index (χ0n) is 22.1. The number of hydrogen-bond donors (Lipinski definition) is 0. The molecule has 2 heterocycles. The standard InChI is InChI=1S/C33H32N4OS/c38-30-28-29(27-18-10-9-17-26(27)21-33(28)19-11-1-2-12-20-33)37-31(36(30)22-24-13-5-3-6-14-24)34-35-32(37)39-23-25-15-7-4-8-16-25/h3-10,13-18H,1-2,11-12,19-23H2. The number of hydrogen-bond acceptors (Lipinski definition) is 4. The van der Waals surface area contributed by atoms with Crippen molar-refractivity contribution in [2.45, 2.75) is 67.8 Å². The number of nitrogens with zero attached hydrogens (tertiary/aromatic N) is 4. The molecule has 6 heteroatoms. The molecule has 39 heavy (non-hydrogen) atoms. The van der Waals surface area contributed by atoms with Crippen molar-refractivity contribution in [1.82, 2.24) is 19.2 Å². The molecule has 0 bridgehead atoms. The Kier molecular flexibility index (Phi) is 6.36. The molecule has 0 saturated heterocycles. The van der Waals surface area contributed by atoms with Gasteiger partial charge in [-0.3, -0.25) is 13.8 Å². The lowest BCUT2D eigenvalue weighted by Crippen LogP contribution is -2.42. The Hall–Kier alpha value is -3.64. The Bertz CT molecular complexity index is 1680. The van der Waals surface area contributed by atoms with Gasteiger partial charge in [0.25, 0.3) is 5.56 Å². The lowest BCUT2D eigenvalue weighted by atomic mass is 9.65. The van der Waals surface area contributed by atoms with Crippen LogP contribution in [0.1, 0.15) is 60.8 Å². The summed E-state index contributed by atoms with van der Waals surface area (Å²) in [5, 5.41) is 10.2. The summed E-state index contributed by atoms with van der Waals surface area (Å²) in [6.07, 6.45) is 7.83. The highest BCUT2D eigenvalue weighted by Crippen LogP contribution is 2.49. The summed E-state index contributed by atoms with van der Waals surface area (Å²) in [6.45, 7) is 0.482. The molecule has 1 fully saturated rings. The van der Waals surface area contributed by atoms with E-state index in [1.54, 1.807) is 11.8 Å². The van der Waals surface area contributed by atoms with Gasteiger partial charge in [0.1, 0.15) is 0 Å². The summed E-state index contributed by atoms with van der Waals surface area (Å²) < 4.78 is 4.09. The normalized spacial score (nSPS) is 16.1. The number of thioether (sulfide) groups is 1. The van der Waals surface area contributed by atoms with Crippen LogP contribution in [-0.2, 0) is 24.1 Å². The molecule has 1 spiro atoms. The van der Waals surface area contributed by atoms with E-state index in [1.807, 2.05) is 28.8 Å². The Morgan fingerprint density at radius 3 is 2.18 bits per heavy atom. The van der Waals surface area contributed by atoms with Crippen molar-refractivity contribution < 1.29 is 0 Å². The summed E-state index contributed by atoms with van der Waals surface area (Å²) in [5.74, 6) is 1.42. The van der Waals surface area contributed by atoms with Crippen LogP contribution in [0.25, 0.3) is 17.0 Å². The molecule has 3 aromatic carbocycles. The predicted molar refractivity (Wildman–Crippen MR) is 157 cm³/mol. The van der Waals surface area contributed by atoms with Crippen LogP contribution < -0.4 is 5.56 Å². The van der Waals surface area contributed by atoms with Crippen LogP contribution in [0.4, 0.5) is 0 Å². The van der Waals surface area contributed by atoms with Crippen molar-refractivity contribution >= 4 is 17.5 Å². The Morgan fingerprint density at radius 1 is 0.769 bits per heavy atom. The molecule has 2 aliphatic rings. The van der Waals surface area contributed by atoms with Gasteiger partial charge in [-0.1, -0.05) is 122 Å². The minimum atomic E-state index is -0.157. The number of rotatable bonds is 5. The lowest BCUT2D eigenvalue weighted by molar-refractivity contribution is 0.356. The smallest absolute Gasteiger partial charge is 0.259 e. The van der Waals surface area contributed by atoms with E-state index in [1.165, 1.54) is 24.0 Å². The molecule has 1 saturated carbocycles. The van der Waals surface area contributed by atoms with Crippen LogP contribution in [0.3, 0.4) is 0 Å². The third-order valence-electron chi connectivity index (χ3n) is 8.56. The van der Waals surface area contributed by atoms with E-state index in [0.29, 0.717) is 12.3 Å². The Labute approximate surface area is 232 Å². The Morgan fingerprint density at radius 2 is 1.44 bits per heavy atom. The second kappa shape index (κ2) is 10.2. The van der Waals surface area contributed by atoms with Crippen LogP contribution in [-0.4, -0.2) is 19.2 Å². The number of benzene rings is 3. The summed E-state index contributed by atoms with van der Waals surface area (Å²) in [7, 11) is 0. The van der Waals surface area contributed by atoms with Crippen molar-refractivity contribution in [3.63, 3.8) is 0 Å². The zero-order valence-corrected chi connectivity index (χ0v) is 22.9. The molecular formula is C33H32N4OS. The highest BCUT2D eigenvalue weighted by molar-refractivity contribution is 7.98. The predicted octanol–water partition coefficient (Wildman–Crippen LogP) is 7.05. The molecule has 0 aliphatic heterocycles. The molecular weight excluding hydrogens is 500 g/mol. The molecule has 0 N–H and O–H groups in total. The lowest BCUT2D eigenvalue weighted by Gasteiger charge is -2.39. The van der Waals surface area contributed by atoms with E-state index >= 15 is 0 Å². The fourth-order valence-corrected chi connectivity index (χ4v) is 7.61. The number of fused-ring (bicyclic) bond motifs is 6. The van der Waals surface area contributed by atoms with Gasteiger partial charge in [0.05, 0.1) is 12.2 Å². The molecule has 0 radical (unpaired) electrons. The summed E-state index contributed by atoms with van der Waals surface area (Å²) in [6, 6.07) is 29.4. The van der Waals surface area contributed by atoms with Crippen LogP contribution >= 0.6 is 11.8 Å². The van der Waals surface area contributed by atoms with Gasteiger partial charge in [-0.15, -0.1) is 10.2 Å². The summed E-state index contributed by atoms with van der Waals surface area (Å²) >= 11 is 1.69. The summed E-state index contributed by atoms with van der Waals surface area (Å²) in [4.78, 5) is 14.7. The molecule has 196 valence electrons. The van der Waals surface area contributed by atoms with Gasteiger partial charge in [0, 0.05) is 22.3 Å². The highest BCUT2D eigenvalue weighted by atomic mass is 32.2. The minimum absolute atomic E-state index is 0.102. The molecule has 5 aromatic rings. The Balaban J connectivity index is 1.50. The minimum Gasteiger partial charge on any atom is -0.272 e. The fourth-order valence-electron chi connectivity index (χ4n) is 6.72. The van der Waals surface area contributed by atoms with Gasteiger partial charge in [0.2, 0.25) is 5.78 Å². The van der Waals surface area contributed by atoms with Gasteiger partial charge in [-0.2, -0.15) is 0 Å². The van der Waals surface area contributed by atoms with Gasteiger partial charge >= 0.3 is 0 Å². The average Bonchev–Trinajstić information content (AvgIpc) is 3.26. The fraction of sp³-hybridized carbons (Fsp3) is 0.303. The topological polar surface area (TPSA) is 52.2 Å². The molecule has 2 aromatic heterocycles. The van der Waals surface area contributed by atoms with Crippen molar-refractivity contribution in [3.8, 4) is 11.3 Å². The number of aromatic nitrogens is 4. The first kappa shape index (κ1) is 24.4. The zero-order chi connectivity index (χ0) is 26.2. The first-order valence-corrected chi connectivity index (χ1v) is 15.0. The van der Waals surface area contributed by atoms with E-state index < -0.39 is 0 Å². The first-order chi connectivity index (χ1) is 19.2. The third kappa shape index (κ3) is 4.31. The maximum Gasteiger partial charge on any atom is 0.259 e. The molecule has 0 unspecified atom stereocenters. The second-order valence-electron chi connectivity index (χ2n) is 11.0. The molecule has 5 nitrogen and oxygen atoms in total. The van der Waals surface area contributed by atoms with E-state index in [4.69, 9.17) is 5.10 Å². The molecule has 0 amide bonds. The molecule has 2 aliphatic carbocycles. The van der Waals surface area contributed by atoms with Crippen molar-refractivity contribution in [3.05, 3.63) is 118 Å². The average molecular weight is 533 g/mol. The molecule has 0 atom stereocenters. The van der Waals surface area contributed by atoms with Crippen molar-refractivity contribution in [2.75, 3.05) is 0 Å². The van der Waals surface area contributed by atoms with E-state index in [9.17, 15) is 4.79 Å². The van der Waals surface area contributed by atoms with E-state index in [0.717, 1.165) is 65.4 Å². The van der Waals surface area contributed by atoms with E-state index in [-0.39, 0.29) is 11.0 Å². The first-order valence-electron chi connectivity index (χ1n) is 14.0. The van der Waals surface area contributed by atoms with Gasteiger partial charge in [0.15, 0.2) is 5.16 Å². The SMILES string of the molecule is O=c1c2c(n3c(SCc4ccccc4)nnc3n1Cc1ccccc1)-c1ccccc1CC21CCCCCC1. The molecule has 7 rings (SSSR count). The van der Waals surface area contributed by atoms with Gasteiger partial charge in [-0.25, -0.2) is 0 Å². The van der Waals surface area contributed by atoms with Crippen molar-refractivity contribution in [1.29, 1.82) is 0 Å². The van der Waals surface area contributed by atoms with Crippen LogP contribution in [0.2, 0.25) is 0 Å². The largest absolute Gasteiger partial charge is 0.272 e. The van der Waals surface area contributed by atoms with Crippen molar-refractivity contribution in [2.24, 2.45) is 0 Å². The van der Waals surface area contributed by atoms with Gasteiger partial charge in [-0.05, 0) is 36.0 Å². The highest BCUT2D eigenvalue weighted by Gasteiger charge is 2.43. The maximum atomic E-state index is 14.7. The van der Waals surface area contributed by atoms with Crippen LogP contribution in [0, 0.1) is 0 Å². The maximum absolute atomic E-state index is 14.7. The monoisotopic (exact) mass is 532 g/mol. The summed E-state index contributed by atoms with van der Waals surface area (Å²) in [5.41, 5.74) is 6.76. The second-order valence-corrected chi connectivity index (χ2v) is 12.0. The quantitative estimate of drug-likeness (QED) is 0.228. The van der Waals surface area contributed by atoms with Crippen LogP contribution in [0.15, 0.2) is 94.9 Å². The van der Waals surface area contributed by atoms with Crippen LogP contribution in [0.5, 0.6) is 0 Å². The third-order valence-corrected chi connectivity index (χ3v) is 9.56.